The molecule has 1 heterocycles. The lowest BCUT2D eigenvalue weighted by Crippen LogP contribution is -2.21. The molecule has 7 nitrogen and oxygen atoms in total. The number of hydrogen-bond donors (Lipinski definition) is 1. The van der Waals surface area contributed by atoms with Crippen molar-refractivity contribution in [2.45, 2.75) is 0 Å². The highest BCUT2D eigenvalue weighted by molar-refractivity contribution is 5.93. The van der Waals surface area contributed by atoms with Crippen molar-refractivity contribution in [3.63, 3.8) is 0 Å². The number of nitriles is 1. The standard InChI is InChI=1S/C17H13N5O2/c18-9-13-5-1-4-8-16(13)24-10-17(23)21-14-6-2-3-7-15(14)22-12-19-11-20-22/h1-8,11-12H,10H2,(H,21,23). The number of nitrogens with one attached hydrogen (secondary N) is 1. The molecule has 7 heteroatoms. The predicted molar refractivity (Wildman–Crippen MR) is 86.6 cm³/mol. The van der Waals surface area contributed by atoms with E-state index >= 15 is 0 Å². The Morgan fingerprint density at radius 3 is 2.79 bits per heavy atom. The molecule has 118 valence electrons. The van der Waals surface area contributed by atoms with Gasteiger partial charge in [0.1, 0.15) is 24.5 Å². The molecule has 0 aliphatic rings. The second kappa shape index (κ2) is 7.07. The zero-order valence-corrected chi connectivity index (χ0v) is 12.6. The van der Waals surface area contributed by atoms with Crippen LogP contribution in [0.25, 0.3) is 5.69 Å². The topological polar surface area (TPSA) is 92.8 Å². The Labute approximate surface area is 138 Å². The summed E-state index contributed by atoms with van der Waals surface area (Å²) in [7, 11) is 0. The van der Waals surface area contributed by atoms with E-state index in [1.165, 1.54) is 6.33 Å². The first-order valence-electron chi connectivity index (χ1n) is 7.14. The number of anilines is 1. The van der Waals surface area contributed by atoms with Crippen LogP contribution >= 0.6 is 0 Å². The van der Waals surface area contributed by atoms with E-state index in [2.05, 4.69) is 15.4 Å². The number of ether oxygens (including phenoxy) is 1. The molecule has 1 N–H and O–H groups in total. The van der Waals surface area contributed by atoms with Crippen LogP contribution in [0.4, 0.5) is 5.69 Å². The third kappa shape index (κ3) is 3.39. The van der Waals surface area contributed by atoms with E-state index in [9.17, 15) is 4.79 Å². The number of amides is 1. The minimum Gasteiger partial charge on any atom is -0.482 e. The zero-order valence-electron chi connectivity index (χ0n) is 12.6. The molecule has 0 spiro atoms. The number of aromatic nitrogens is 3. The third-order valence-corrected chi connectivity index (χ3v) is 3.21. The van der Waals surface area contributed by atoms with Gasteiger partial charge in [-0.3, -0.25) is 4.79 Å². The van der Waals surface area contributed by atoms with Crippen molar-refractivity contribution < 1.29 is 9.53 Å². The number of carbonyl (C=O) groups excluding carboxylic acids is 1. The lowest BCUT2D eigenvalue weighted by molar-refractivity contribution is -0.118. The normalized spacial score (nSPS) is 9.96. The maximum Gasteiger partial charge on any atom is 0.262 e. The summed E-state index contributed by atoms with van der Waals surface area (Å²) in [6, 6.07) is 16.0. The van der Waals surface area contributed by atoms with Gasteiger partial charge in [-0.1, -0.05) is 24.3 Å². The molecule has 0 saturated heterocycles. The minimum absolute atomic E-state index is 0.204. The van der Waals surface area contributed by atoms with E-state index in [0.717, 1.165) is 0 Å². The van der Waals surface area contributed by atoms with Crippen molar-refractivity contribution in [2.75, 3.05) is 11.9 Å². The van der Waals surface area contributed by atoms with Gasteiger partial charge in [-0.25, -0.2) is 9.67 Å². The van der Waals surface area contributed by atoms with E-state index in [4.69, 9.17) is 10.00 Å². The smallest absolute Gasteiger partial charge is 0.262 e. The zero-order chi connectivity index (χ0) is 16.8. The Hall–Kier alpha value is -3.66. The van der Waals surface area contributed by atoms with Crippen molar-refractivity contribution >= 4 is 11.6 Å². The fourth-order valence-corrected chi connectivity index (χ4v) is 2.13. The van der Waals surface area contributed by atoms with Crippen LogP contribution in [-0.4, -0.2) is 27.3 Å². The summed E-state index contributed by atoms with van der Waals surface area (Å²) in [6.07, 6.45) is 2.96. The summed E-state index contributed by atoms with van der Waals surface area (Å²) in [6.45, 7) is -0.204. The Bertz CT molecular complexity index is 884. The maximum atomic E-state index is 12.1. The van der Waals surface area contributed by atoms with Crippen LogP contribution in [0.2, 0.25) is 0 Å². The fourth-order valence-electron chi connectivity index (χ4n) is 2.13. The largest absolute Gasteiger partial charge is 0.482 e. The number of nitrogens with zero attached hydrogens (tertiary/aromatic N) is 4. The summed E-state index contributed by atoms with van der Waals surface area (Å²) < 4.78 is 6.98. The van der Waals surface area contributed by atoms with Crippen LogP contribution in [-0.2, 0) is 4.79 Å². The molecule has 0 aliphatic carbocycles. The number of benzene rings is 2. The second-order valence-electron chi connectivity index (χ2n) is 4.80. The molecule has 0 saturated carbocycles. The van der Waals surface area contributed by atoms with Crippen LogP contribution in [0.1, 0.15) is 5.56 Å². The highest BCUT2D eigenvalue weighted by Gasteiger charge is 2.10. The van der Waals surface area contributed by atoms with Crippen LogP contribution in [0.15, 0.2) is 61.2 Å². The van der Waals surface area contributed by atoms with E-state index in [0.29, 0.717) is 22.7 Å². The average Bonchev–Trinajstić information content (AvgIpc) is 3.15. The lowest BCUT2D eigenvalue weighted by atomic mass is 10.2. The van der Waals surface area contributed by atoms with Crippen molar-refractivity contribution in [2.24, 2.45) is 0 Å². The van der Waals surface area contributed by atoms with Crippen molar-refractivity contribution in [1.29, 1.82) is 5.26 Å². The molecule has 0 atom stereocenters. The Balaban J connectivity index is 1.69. The van der Waals surface area contributed by atoms with Crippen molar-refractivity contribution in [1.82, 2.24) is 14.8 Å². The van der Waals surface area contributed by atoms with Gasteiger partial charge >= 0.3 is 0 Å². The molecule has 3 rings (SSSR count). The lowest BCUT2D eigenvalue weighted by Gasteiger charge is -2.11. The van der Waals surface area contributed by atoms with Gasteiger partial charge in [0, 0.05) is 0 Å². The quantitative estimate of drug-likeness (QED) is 0.778. The maximum absolute atomic E-state index is 12.1. The number of rotatable bonds is 5. The first-order valence-corrected chi connectivity index (χ1v) is 7.14. The first-order chi connectivity index (χ1) is 11.8. The molecule has 0 fully saturated rings. The molecule has 1 aromatic heterocycles. The molecular weight excluding hydrogens is 306 g/mol. The Kier molecular flexibility index (Phi) is 4.49. The van der Waals surface area contributed by atoms with Gasteiger partial charge < -0.3 is 10.1 Å². The monoisotopic (exact) mass is 319 g/mol. The van der Waals surface area contributed by atoms with Gasteiger partial charge in [0.05, 0.1) is 16.9 Å². The van der Waals surface area contributed by atoms with Gasteiger partial charge in [0.2, 0.25) is 0 Å². The molecule has 1 amide bonds. The SMILES string of the molecule is N#Cc1ccccc1OCC(=O)Nc1ccccc1-n1cncn1. The number of hydrogen-bond acceptors (Lipinski definition) is 5. The van der Waals surface area contributed by atoms with Gasteiger partial charge in [0.15, 0.2) is 6.61 Å². The third-order valence-electron chi connectivity index (χ3n) is 3.21. The molecule has 0 radical (unpaired) electrons. The second-order valence-corrected chi connectivity index (χ2v) is 4.80. The first kappa shape index (κ1) is 15.2. The molecule has 24 heavy (non-hydrogen) atoms. The van der Waals surface area contributed by atoms with Crippen LogP contribution in [0, 0.1) is 11.3 Å². The summed E-state index contributed by atoms with van der Waals surface area (Å²) in [5.41, 5.74) is 1.67. The summed E-state index contributed by atoms with van der Waals surface area (Å²) in [4.78, 5) is 16.0. The molecule has 2 aromatic carbocycles. The van der Waals surface area contributed by atoms with E-state index in [-0.39, 0.29) is 12.5 Å². The average molecular weight is 319 g/mol. The predicted octanol–water partition coefficient (Wildman–Crippen LogP) is 2.16. The number of carbonyl (C=O) groups is 1. The highest BCUT2D eigenvalue weighted by atomic mass is 16.5. The number of para-hydroxylation sites is 3. The van der Waals surface area contributed by atoms with Crippen molar-refractivity contribution in [3.8, 4) is 17.5 Å². The van der Waals surface area contributed by atoms with Crippen LogP contribution in [0.5, 0.6) is 5.75 Å². The Morgan fingerprint density at radius 2 is 2.00 bits per heavy atom. The van der Waals surface area contributed by atoms with Gasteiger partial charge in [-0.15, -0.1) is 0 Å². The van der Waals surface area contributed by atoms with Gasteiger partial charge in [-0.2, -0.15) is 10.4 Å². The minimum atomic E-state index is -0.338. The van der Waals surface area contributed by atoms with Gasteiger partial charge in [0.25, 0.3) is 5.91 Å². The summed E-state index contributed by atoms with van der Waals surface area (Å²) in [5.74, 6) is 0.0371. The summed E-state index contributed by atoms with van der Waals surface area (Å²) in [5, 5.41) is 15.8. The van der Waals surface area contributed by atoms with Gasteiger partial charge in [-0.05, 0) is 24.3 Å². The van der Waals surface area contributed by atoms with Crippen molar-refractivity contribution in [3.05, 3.63) is 66.7 Å². The van der Waals surface area contributed by atoms with E-state index < -0.39 is 0 Å². The molecule has 0 bridgehead atoms. The molecule has 0 aliphatic heterocycles. The molecular formula is C17H13N5O2. The van der Waals surface area contributed by atoms with E-state index in [1.807, 2.05) is 24.3 Å². The fraction of sp³-hybridized carbons (Fsp3) is 0.0588. The van der Waals surface area contributed by atoms with E-state index in [1.54, 1.807) is 41.3 Å². The molecule has 0 unspecified atom stereocenters. The van der Waals surface area contributed by atoms with Crippen LogP contribution in [0.3, 0.4) is 0 Å². The van der Waals surface area contributed by atoms with Crippen LogP contribution < -0.4 is 10.1 Å². The molecule has 3 aromatic rings. The summed E-state index contributed by atoms with van der Waals surface area (Å²) >= 11 is 0. The Morgan fingerprint density at radius 1 is 1.21 bits per heavy atom. The highest BCUT2D eigenvalue weighted by Crippen LogP contribution is 2.19.